The van der Waals surface area contributed by atoms with Crippen LogP contribution in [0.2, 0.25) is 0 Å². The molecule has 2 fully saturated rings. The molecule has 19 nitrogen and oxygen atoms in total. The largest absolute Gasteiger partial charge is 0.486 e. The van der Waals surface area contributed by atoms with Gasteiger partial charge in [0, 0.05) is 12.3 Å². The molecule has 0 aromatic carbocycles. The van der Waals surface area contributed by atoms with Gasteiger partial charge in [-0.3, -0.25) is 23.4 Å². The van der Waals surface area contributed by atoms with E-state index in [0.29, 0.717) is 4.57 Å². The molecule has 1 aromatic heterocycles. The van der Waals surface area contributed by atoms with E-state index in [1.165, 1.54) is 0 Å². The van der Waals surface area contributed by atoms with E-state index < -0.39 is 95.4 Å². The molecular formula is C15H24N2O17P2. The number of rotatable bonds is 9. The Bertz CT molecular complexity index is 1120. The SMILES string of the molecule is O=c1ccn([C@@H]2O[C@H](COP(=O)(O[C@H]3O[C@H](CO)[C@H](O)[C@H](O)[C@H]3O)OP(=O)(O)O)[C@@H](O)[C@H]2O)c(=O)[nH]1. The quantitative estimate of drug-likeness (QED) is 0.127. The Morgan fingerprint density at radius 2 is 1.58 bits per heavy atom. The highest BCUT2D eigenvalue weighted by molar-refractivity contribution is 7.61. The van der Waals surface area contributed by atoms with Gasteiger partial charge in [0.25, 0.3) is 5.56 Å². The Kier molecular flexibility index (Phi) is 9.05. The van der Waals surface area contributed by atoms with Crippen molar-refractivity contribution in [2.45, 2.75) is 55.2 Å². The van der Waals surface area contributed by atoms with Gasteiger partial charge in [-0.1, -0.05) is 0 Å². The lowest BCUT2D eigenvalue weighted by molar-refractivity contribution is -0.281. The minimum absolute atomic E-state index is 0.714. The molecule has 2 aliphatic heterocycles. The van der Waals surface area contributed by atoms with Crippen LogP contribution in [0.25, 0.3) is 0 Å². The van der Waals surface area contributed by atoms with E-state index in [0.717, 1.165) is 12.3 Å². The average molecular weight is 566 g/mol. The number of aromatic nitrogens is 2. The number of phosphoric ester groups is 1. The molecule has 0 radical (unpaired) electrons. The number of ether oxygens (including phenoxy) is 2. The Morgan fingerprint density at radius 3 is 2.17 bits per heavy atom. The monoisotopic (exact) mass is 566 g/mol. The number of hydrogen-bond donors (Lipinski definition) is 9. The van der Waals surface area contributed by atoms with Gasteiger partial charge in [0.05, 0.1) is 13.2 Å². The van der Waals surface area contributed by atoms with E-state index >= 15 is 0 Å². The normalized spacial score (nSPS) is 37.1. The Hall–Kier alpha value is -1.38. The Morgan fingerprint density at radius 1 is 0.944 bits per heavy atom. The predicted octanol–water partition coefficient (Wildman–Crippen LogP) is -4.79. The maximum absolute atomic E-state index is 13.0. The Balaban J connectivity index is 1.77. The second-order valence-corrected chi connectivity index (χ2v) is 10.7. The zero-order valence-corrected chi connectivity index (χ0v) is 19.6. The van der Waals surface area contributed by atoms with E-state index in [9.17, 15) is 49.4 Å². The Labute approximate surface area is 199 Å². The molecule has 0 amide bonds. The van der Waals surface area contributed by atoms with Gasteiger partial charge in [0.1, 0.15) is 42.7 Å². The molecule has 2 saturated heterocycles. The number of phosphoric acid groups is 2. The zero-order chi connectivity index (χ0) is 27.0. The van der Waals surface area contributed by atoms with Crippen molar-refractivity contribution < 1.29 is 72.4 Å². The van der Waals surface area contributed by atoms with E-state index in [1.54, 1.807) is 0 Å². The average Bonchev–Trinajstić information content (AvgIpc) is 3.05. The molecule has 9 N–H and O–H groups in total. The van der Waals surface area contributed by atoms with Crippen LogP contribution in [0.15, 0.2) is 21.9 Å². The number of hydrogen-bond acceptors (Lipinski definition) is 15. The van der Waals surface area contributed by atoms with Gasteiger partial charge in [0.2, 0.25) is 0 Å². The summed E-state index contributed by atoms with van der Waals surface area (Å²) in [6.07, 6.45) is -15.6. The molecule has 21 heteroatoms. The van der Waals surface area contributed by atoms with Gasteiger partial charge in [-0.2, -0.15) is 4.31 Å². The number of nitrogens with zero attached hydrogens (tertiary/aromatic N) is 1. The number of H-pyrrole nitrogens is 1. The molecule has 3 rings (SSSR count). The van der Waals surface area contributed by atoms with Gasteiger partial charge in [-0.15, -0.1) is 0 Å². The number of aliphatic hydroxyl groups is 6. The third-order valence-corrected chi connectivity index (χ3v) is 7.73. The predicted molar refractivity (Wildman–Crippen MR) is 109 cm³/mol. The van der Waals surface area contributed by atoms with Crippen LogP contribution in [0.5, 0.6) is 0 Å². The minimum atomic E-state index is -5.63. The highest BCUT2D eigenvalue weighted by atomic mass is 31.3. The maximum atomic E-state index is 13.0. The van der Waals surface area contributed by atoms with Crippen molar-refractivity contribution >= 4 is 15.6 Å². The van der Waals surface area contributed by atoms with Crippen molar-refractivity contribution in [3.8, 4) is 0 Å². The smallest absolute Gasteiger partial charge is 0.394 e. The van der Waals surface area contributed by atoms with Crippen LogP contribution in [0.3, 0.4) is 0 Å². The molecule has 1 aromatic rings. The van der Waals surface area contributed by atoms with E-state index in [1.807, 2.05) is 4.98 Å². The van der Waals surface area contributed by atoms with Crippen molar-refractivity contribution in [1.29, 1.82) is 0 Å². The summed E-state index contributed by atoms with van der Waals surface area (Å²) in [4.78, 5) is 43.3. The lowest BCUT2D eigenvalue weighted by atomic mass is 10.00. The van der Waals surface area contributed by atoms with E-state index in [2.05, 4.69) is 4.31 Å². The second kappa shape index (κ2) is 11.2. The highest BCUT2D eigenvalue weighted by Gasteiger charge is 2.50. The zero-order valence-electron chi connectivity index (χ0n) is 17.9. The molecule has 0 saturated carbocycles. The molecule has 10 atom stereocenters. The summed E-state index contributed by atoms with van der Waals surface area (Å²) in [5, 5.41) is 59.3. The second-order valence-electron chi connectivity index (χ2n) is 7.68. The fourth-order valence-corrected chi connectivity index (χ4v) is 5.58. The summed E-state index contributed by atoms with van der Waals surface area (Å²) < 4.78 is 48.9. The number of aliphatic hydroxyl groups excluding tert-OH is 6. The fraction of sp³-hybridized carbons (Fsp3) is 0.733. The van der Waals surface area contributed by atoms with Crippen molar-refractivity contribution in [3.05, 3.63) is 33.1 Å². The van der Waals surface area contributed by atoms with Crippen molar-refractivity contribution in [2.24, 2.45) is 0 Å². The molecule has 0 bridgehead atoms. The van der Waals surface area contributed by atoms with Gasteiger partial charge in [-0.25, -0.2) is 13.9 Å². The summed E-state index contributed by atoms with van der Waals surface area (Å²) in [5.41, 5.74) is -1.77. The van der Waals surface area contributed by atoms with Crippen molar-refractivity contribution in [1.82, 2.24) is 9.55 Å². The minimum Gasteiger partial charge on any atom is -0.394 e. The summed E-state index contributed by atoms with van der Waals surface area (Å²) >= 11 is 0. The highest BCUT2D eigenvalue weighted by Crippen LogP contribution is 2.62. The number of nitrogens with one attached hydrogen (secondary N) is 1. The van der Waals surface area contributed by atoms with Crippen molar-refractivity contribution in [2.75, 3.05) is 13.2 Å². The lowest BCUT2D eigenvalue weighted by Crippen LogP contribution is -2.59. The van der Waals surface area contributed by atoms with Crippen molar-refractivity contribution in [3.63, 3.8) is 0 Å². The van der Waals surface area contributed by atoms with Crippen LogP contribution in [-0.2, 0) is 32.0 Å². The van der Waals surface area contributed by atoms with Gasteiger partial charge < -0.3 is 49.9 Å². The topological polar surface area (TPSA) is 297 Å². The molecule has 2 aliphatic rings. The van der Waals surface area contributed by atoms with E-state index in [-0.39, 0.29) is 0 Å². The lowest BCUT2D eigenvalue weighted by Gasteiger charge is -2.40. The van der Waals surface area contributed by atoms with Crippen LogP contribution in [0.1, 0.15) is 6.23 Å². The first-order chi connectivity index (χ1) is 16.7. The molecule has 3 heterocycles. The maximum Gasteiger partial charge on any atom is 0.486 e. The molecule has 206 valence electrons. The van der Waals surface area contributed by atoms with Gasteiger partial charge in [-0.05, 0) is 0 Å². The molecular weight excluding hydrogens is 542 g/mol. The van der Waals surface area contributed by atoms with Crippen LogP contribution in [0.4, 0.5) is 0 Å². The van der Waals surface area contributed by atoms with Crippen LogP contribution < -0.4 is 11.2 Å². The summed E-state index contributed by atoms with van der Waals surface area (Å²) in [6.45, 7) is -1.97. The first kappa shape index (κ1) is 29.2. The van der Waals surface area contributed by atoms with Gasteiger partial charge in [0.15, 0.2) is 12.5 Å². The van der Waals surface area contributed by atoms with Gasteiger partial charge >= 0.3 is 21.3 Å². The summed E-state index contributed by atoms with van der Waals surface area (Å²) in [5.74, 6) is 0. The first-order valence-electron chi connectivity index (χ1n) is 9.99. The standard InChI is InChI=1S/C15H24N2O17P2/c18-3-5-8(20)10(22)12(24)14(32-5)33-36(29,34-35(26,27)28)30-4-6-9(21)11(23)13(31-6)17-2-1-7(19)16-15(17)25/h1-2,5-6,8-14,18,20-24H,3-4H2,(H,16,19,25)(H2,26,27,28)/t5-,6-,8+,9-,10+,11-,12-,13-,14-,36?/m1/s1. The van der Waals surface area contributed by atoms with Crippen LogP contribution in [0, 0.1) is 0 Å². The van der Waals surface area contributed by atoms with Crippen LogP contribution in [-0.4, -0.2) is 112 Å². The molecule has 1 unspecified atom stereocenters. The molecule has 36 heavy (non-hydrogen) atoms. The summed E-state index contributed by atoms with van der Waals surface area (Å²) in [7, 11) is -11.1. The number of aromatic amines is 1. The van der Waals surface area contributed by atoms with Crippen LogP contribution >= 0.6 is 15.6 Å². The third-order valence-electron chi connectivity index (χ3n) is 5.15. The first-order valence-corrected chi connectivity index (χ1v) is 13.0. The molecule has 0 spiro atoms. The van der Waals surface area contributed by atoms with E-state index in [4.69, 9.17) is 28.3 Å². The molecule has 0 aliphatic carbocycles. The summed E-state index contributed by atoms with van der Waals surface area (Å²) in [6, 6.07) is 0.921. The third kappa shape index (κ3) is 6.54. The fourth-order valence-electron chi connectivity index (χ4n) is 3.37.